The van der Waals surface area contributed by atoms with Crippen LogP contribution in [0.1, 0.15) is 46.1 Å². The second kappa shape index (κ2) is 11.4. The van der Waals surface area contributed by atoms with E-state index in [0.717, 1.165) is 5.56 Å². The van der Waals surface area contributed by atoms with Gasteiger partial charge >= 0.3 is 0 Å². The van der Waals surface area contributed by atoms with Gasteiger partial charge in [0.1, 0.15) is 23.3 Å². The van der Waals surface area contributed by atoms with Crippen molar-refractivity contribution in [1.82, 2.24) is 25.6 Å². The first kappa shape index (κ1) is 24.9. The van der Waals surface area contributed by atoms with Crippen LogP contribution in [0.2, 0.25) is 0 Å². The standard InChI is InChI=1S/C23H26N8O4/c1-13(24)28-22(34)19-7-6-18(31-19)21(33)26-10-15-4-3-5-16(8-15)30-23(35)20(29-14(2)32)9-17-11-25-12-27-17/h3-8,11-12,20,31H,9-10H2,1-2H3,(H,25,27)(H,26,33)(H,29,32)(H,30,35)(H2,24,28,34). The number of amides is 4. The summed E-state index contributed by atoms with van der Waals surface area (Å²) >= 11 is 0. The minimum absolute atomic E-state index is 0.118. The number of benzene rings is 1. The highest BCUT2D eigenvalue weighted by atomic mass is 16.2. The number of anilines is 1. The predicted molar refractivity (Wildman–Crippen MR) is 129 cm³/mol. The number of hydrogen-bond acceptors (Lipinski definition) is 5. The van der Waals surface area contributed by atoms with Crippen LogP contribution in [0.15, 0.2) is 53.9 Å². The third-order valence-electron chi connectivity index (χ3n) is 4.76. The van der Waals surface area contributed by atoms with E-state index < -0.39 is 23.8 Å². The zero-order chi connectivity index (χ0) is 25.4. The van der Waals surface area contributed by atoms with E-state index in [2.05, 4.69) is 35.9 Å². The molecule has 0 radical (unpaired) electrons. The summed E-state index contributed by atoms with van der Waals surface area (Å²) in [6.07, 6.45) is 3.33. The average molecular weight is 479 g/mol. The van der Waals surface area contributed by atoms with Crippen molar-refractivity contribution in [2.24, 2.45) is 10.7 Å². The third-order valence-corrected chi connectivity index (χ3v) is 4.76. The number of aromatic amines is 2. The quantitative estimate of drug-likeness (QED) is 0.195. The minimum atomic E-state index is -0.798. The number of hydrogen-bond donors (Lipinski definition) is 6. The van der Waals surface area contributed by atoms with Crippen LogP contribution in [0.5, 0.6) is 0 Å². The topological polar surface area (TPSA) is 187 Å². The molecule has 1 aromatic carbocycles. The van der Waals surface area contributed by atoms with E-state index in [0.29, 0.717) is 11.4 Å². The summed E-state index contributed by atoms with van der Waals surface area (Å²) in [5.41, 5.74) is 7.68. The zero-order valence-electron chi connectivity index (χ0n) is 19.2. The van der Waals surface area contributed by atoms with E-state index in [1.807, 2.05) is 0 Å². The second-order valence-electron chi connectivity index (χ2n) is 7.75. The molecule has 12 nitrogen and oxygen atoms in total. The summed E-state index contributed by atoms with van der Waals surface area (Å²) < 4.78 is 0. The van der Waals surface area contributed by atoms with Crippen LogP contribution in [-0.4, -0.2) is 50.5 Å². The molecule has 3 rings (SSSR count). The van der Waals surface area contributed by atoms with Crippen molar-refractivity contribution in [1.29, 1.82) is 0 Å². The predicted octanol–water partition coefficient (Wildman–Crippen LogP) is 0.871. The maximum absolute atomic E-state index is 12.8. The summed E-state index contributed by atoms with van der Waals surface area (Å²) in [6.45, 7) is 3.00. The molecule has 35 heavy (non-hydrogen) atoms. The Bertz CT molecular complexity index is 1240. The number of H-pyrrole nitrogens is 2. The molecule has 3 aromatic rings. The van der Waals surface area contributed by atoms with Crippen molar-refractivity contribution < 1.29 is 19.2 Å². The summed E-state index contributed by atoms with van der Waals surface area (Å²) in [6, 6.07) is 9.06. The van der Waals surface area contributed by atoms with Gasteiger partial charge in [0.15, 0.2) is 0 Å². The van der Waals surface area contributed by atoms with Gasteiger partial charge in [-0.2, -0.15) is 4.99 Å². The molecule has 1 atom stereocenters. The maximum atomic E-state index is 12.8. The fourth-order valence-electron chi connectivity index (χ4n) is 3.21. The Morgan fingerprint density at radius 1 is 1.11 bits per heavy atom. The lowest BCUT2D eigenvalue weighted by Gasteiger charge is -2.17. The van der Waals surface area contributed by atoms with Gasteiger partial charge in [0.25, 0.3) is 11.8 Å². The van der Waals surface area contributed by atoms with Crippen molar-refractivity contribution in [3.8, 4) is 0 Å². The van der Waals surface area contributed by atoms with Gasteiger partial charge in [-0.15, -0.1) is 0 Å². The van der Waals surface area contributed by atoms with Gasteiger partial charge in [0, 0.05) is 37.5 Å². The molecule has 0 aliphatic rings. The van der Waals surface area contributed by atoms with Crippen molar-refractivity contribution in [3.63, 3.8) is 0 Å². The van der Waals surface area contributed by atoms with E-state index >= 15 is 0 Å². The monoisotopic (exact) mass is 478 g/mol. The normalized spacial score (nSPS) is 12.0. The van der Waals surface area contributed by atoms with Gasteiger partial charge in [-0.25, -0.2) is 4.98 Å². The fourth-order valence-corrected chi connectivity index (χ4v) is 3.21. The third kappa shape index (κ3) is 7.39. The molecule has 0 spiro atoms. The van der Waals surface area contributed by atoms with Gasteiger partial charge < -0.3 is 31.7 Å². The van der Waals surface area contributed by atoms with Crippen molar-refractivity contribution in [2.75, 3.05) is 5.32 Å². The molecule has 12 heteroatoms. The summed E-state index contributed by atoms with van der Waals surface area (Å²) in [7, 11) is 0. The molecule has 0 aliphatic carbocycles. The largest absolute Gasteiger partial charge is 0.387 e. The SMILES string of the molecule is CC(=O)NC(Cc1cnc[nH]1)C(=O)Nc1cccc(CNC(=O)c2ccc(C(=O)N=C(C)N)[nH]2)c1. The lowest BCUT2D eigenvalue weighted by atomic mass is 10.1. The molecule has 1 unspecified atom stereocenters. The highest BCUT2D eigenvalue weighted by Crippen LogP contribution is 2.12. The Hall–Kier alpha value is -4.74. The summed E-state index contributed by atoms with van der Waals surface area (Å²) in [5.74, 6) is -1.60. The molecular weight excluding hydrogens is 452 g/mol. The number of nitrogens with two attached hydrogens (primary N) is 1. The molecule has 0 saturated carbocycles. The van der Waals surface area contributed by atoms with Crippen molar-refractivity contribution in [2.45, 2.75) is 32.9 Å². The average Bonchev–Trinajstić information content (AvgIpc) is 3.49. The van der Waals surface area contributed by atoms with Crippen LogP contribution < -0.4 is 21.7 Å². The molecule has 0 fully saturated rings. The number of aliphatic imine (C=N–C) groups is 1. The molecule has 4 amide bonds. The van der Waals surface area contributed by atoms with E-state index in [4.69, 9.17) is 5.73 Å². The van der Waals surface area contributed by atoms with Gasteiger partial charge in [0.05, 0.1) is 6.33 Å². The number of nitrogens with zero attached hydrogens (tertiary/aromatic N) is 2. The second-order valence-corrected chi connectivity index (χ2v) is 7.75. The number of rotatable bonds is 9. The number of amidine groups is 1. The molecule has 0 bridgehead atoms. The van der Waals surface area contributed by atoms with Gasteiger partial charge in [-0.1, -0.05) is 12.1 Å². The Balaban J connectivity index is 1.60. The molecule has 0 aliphatic heterocycles. The van der Waals surface area contributed by atoms with E-state index in [1.54, 1.807) is 30.5 Å². The number of carbonyl (C=O) groups excluding carboxylic acids is 4. The first-order valence-electron chi connectivity index (χ1n) is 10.7. The van der Waals surface area contributed by atoms with Crippen LogP contribution in [0.25, 0.3) is 0 Å². The number of nitrogens with one attached hydrogen (secondary N) is 5. The van der Waals surface area contributed by atoms with E-state index in [9.17, 15) is 19.2 Å². The Morgan fingerprint density at radius 3 is 2.57 bits per heavy atom. The molecule has 7 N–H and O–H groups in total. The lowest BCUT2D eigenvalue weighted by molar-refractivity contribution is -0.125. The lowest BCUT2D eigenvalue weighted by Crippen LogP contribution is -2.44. The van der Waals surface area contributed by atoms with Crippen LogP contribution >= 0.6 is 0 Å². The van der Waals surface area contributed by atoms with Crippen LogP contribution in [0, 0.1) is 0 Å². The first-order valence-corrected chi connectivity index (χ1v) is 10.7. The van der Waals surface area contributed by atoms with Crippen LogP contribution in [0.3, 0.4) is 0 Å². The zero-order valence-corrected chi connectivity index (χ0v) is 19.2. The summed E-state index contributed by atoms with van der Waals surface area (Å²) in [4.78, 5) is 61.9. The Morgan fingerprint density at radius 2 is 1.89 bits per heavy atom. The minimum Gasteiger partial charge on any atom is -0.387 e. The maximum Gasteiger partial charge on any atom is 0.295 e. The van der Waals surface area contributed by atoms with Crippen molar-refractivity contribution >= 4 is 35.2 Å². The number of aromatic nitrogens is 3. The van der Waals surface area contributed by atoms with Gasteiger partial charge in [-0.3, -0.25) is 19.2 Å². The molecule has 2 heterocycles. The smallest absolute Gasteiger partial charge is 0.295 e. The highest BCUT2D eigenvalue weighted by Gasteiger charge is 2.21. The molecule has 2 aromatic heterocycles. The van der Waals surface area contributed by atoms with E-state index in [1.165, 1.54) is 32.3 Å². The van der Waals surface area contributed by atoms with Gasteiger partial charge in [0.2, 0.25) is 11.8 Å². The molecule has 0 saturated heterocycles. The Kier molecular flexibility index (Phi) is 8.11. The summed E-state index contributed by atoms with van der Waals surface area (Å²) in [5, 5.41) is 8.16. The first-order chi connectivity index (χ1) is 16.7. The Labute approximate surface area is 200 Å². The highest BCUT2D eigenvalue weighted by molar-refractivity contribution is 6.02. The van der Waals surface area contributed by atoms with Crippen molar-refractivity contribution in [3.05, 3.63) is 71.6 Å². The molecular formula is C23H26N8O4. The van der Waals surface area contributed by atoms with E-state index in [-0.39, 0.29) is 36.1 Å². The fraction of sp³-hybridized carbons (Fsp3) is 0.217. The van der Waals surface area contributed by atoms with Gasteiger partial charge in [-0.05, 0) is 36.8 Å². The number of imidazole rings is 1. The molecule has 182 valence electrons. The number of carbonyl (C=O) groups is 4. The van der Waals surface area contributed by atoms with Crippen LogP contribution in [0.4, 0.5) is 5.69 Å². The van der Waals surface area contributed by atoms with Crippen LogP contribution in [-0.2, 0) is 22.6 Å².